The first-order chi connectivity index (χ1) is 40.9. The van der Waals surface area contributed by atoms with E-state index in [4.69, 9.17) is 4.42 Å². The predicted molar refractivity (Wildman–Crippen MR) is 372 cm³/mol. The van der Waals surface area contributed by atoms with E-state index in [0.29, 0.717) is 0 Å². The summed E-state index contributed by atoms with van der Waals surface area (Å²) < 4.78 is 6.90. The van der Waals surface area contributed by atoms with Crippen LogP contribution in [-0.2, 0) is 43.3 Å². The van der Waals surface area contributed by atoms with Gasteiger partial charge in [0, 0.05) is 56.0 Å². The van der Waals surface area contributed by atoms with Crippen molar-refractivity contribution >= 4 is 96.2 Å². The second kappa shape index (κ2) is 18.0. The van der Waals surface area contributed by atoms with Crippen molar-refractivity contribution in [2.45, 2.75) is 181 Å². The normalized spacial score (nSPS) is 18.4. The van der Waals surface area contributed by atoms with Crippen LogP contribution in [0.1, 0.15) is 193 Å². The molecule has 2 aliphatic heterocycles. The minimum Gasteiger partial charge on any atom is -0.456 e. The molecule has 0 N–H and O–H groups in total. The lowest BCUT2D eigenvalue weighted by atomic mass is 9.32. The number of para-hydroxylation sites is 1. The van der Waals surface area contributed by atoms with Crippen LogP contribution in [0.15, 0.2) is 174 Å². The predicted octanol–water partition coefficient (Wildman–Crippen LogP) is 20.6. The van der Waals surface area contributed by atoms with Gasteiger partial charge in [0.25, 0.3) is 6.71 Å². The summed E-state index contributed by atoms with van der Waals surface area (Å²) in [7, 11) is 0. The zero-order valence-corrected chi connectivity index (χ0v) is 54.9. The monoisotopic (exact) mass is 1140 g/mol. The minimum atomic E-state index is -0.299. The van der Waals surface area contributed by atoms with Crippen molar-refractivity contribution in [3.8, 4) is 0 Å². The molecule has 3 aliphatic carbocycles. The largest absolute Gasteiger partial charge is 0.456 e. The number of anilines is 9. The SMILES string of the molecule is CC(C)(C)c1ccc(N(c2ccc(C(C)(C)C)cc2)c2cc3c4c(c2)N(c2cccc5oc6ccccc6c25)c2cc5c(cc2B4c2cc4c(cc2N3c2ccc3c(c2)C(C)(C)CC3(C)C)C(C)(C)CC4(C)C)C(C)(C)c2ccccc2C5(C)C)cc1. The third-order valence-electron chi connectivity index (χ3n) is 21.8. The lowest BCUT2D eigenvalue weighted by molar-refractivity contribution is 0.403. The van der Waals surface area contributed by atoms with E-state index in [0.717, 1.165) is 57.5 Å². The molecule has 5 heteroatoms. The Bertz CT molecular complexity index is 4490. The van der Waals surface area contributed by atoms with Crippen molar-refractivity contribution in [3.05, 3.63) is 225 Å². The number of furan rings is 1. The lowest BCUT2D eigenvalue weighted by Crippen LogP contribution is -2.62. The quantitative estimate of drug-likeness (QED) is 0.160. The number of rotatable bonds is 5. The zero-order valence-electron chi connectivity index (χ0n) is 54.9. The summed E-state index contributed by atoms with van der Waals surface area (Å²) in [5.41, 5.74) is 29.7. The van der Waals surface area contributed by atoms with E-state index >= 15 is 0 Å². The molecule has 0 unspecified atom stereocenters. The maximum atomic E-state index is 6.90. The Balaban J connectivity index is 1.13. The molecule has 438 valence electrons. The fraction of sp³-hybridized carbons (Fsp3) is 0.341. The standard InChI is InChI=1S/C82H86BN3O/c1-75(2,3)49-30-34-51(35-31-49)84(52-36-32-50(33-37-52)76(4,5)6)54-41-69-74-70(42-54)86(66-27-23-29-72-73(66)55-24-19-22-28-71(55)87-72)68-46-63-62(81(15,16)57-25-20-21-26-58(57)82(63,17)18)44-65(68)83(74)64-43-60-61(80(13,14)48-79(60,11)12)45-67(64)85(69)53-38-39-56-59(40-53)78(9,10)47-77(56,7)8/h19-46H,47-48H2,1-18H3. The average molecular weight is 1140 g/mol. The van der Waals surface area contributed by atoms with E-state index in [2.05, 4.69) is 309 Å². The van der Waals surface area contributed by atoms with Gasteiger partial charge in [0.05, 0.1) is 16.8 Å². The summed E-state index contributed by atoms with van der Waals surface area (Å²) in [5, 5.41) is 2.23. The molecule has 9 aromatic carbocycles. The highest BCUT2D eigenvalue weighted by Gasteiger charge is 2.52. The van der Waals surface area contributed by atoms with Crippen molar-refractivity contribution in [1.29, 1.82) is 0 Å². The molecule has 87 heavy (non-hydrogen) atoms. The molecule has 4 nitrogen and oxygen atoms in total. The Labute approximate surface area is 518 Å². The van der Waals surface area contributed by atoms with E-state index in [9.17, 15) is 0 Å². The van der Waals surface area contributed by atoms with Gasteiger partial charge < -0.3 is 19.1 Å². The molecule has 3 heterocycles. The van der Waals surface area contributed by atoms with E-state index in [1.807, 2.05) is 0 Å². The lowest BCUT2D eigenvalue weighted by Gasteiger charge is -2.48. The summed E-state index contributed by atoms with van der Waals surface area (Å²) in [6, 6.07) is 66.9. The Morgan fingerprint density at radius 1 is 0.379 bits per heavy atom. The topological polar surface area (TPSA) is 22.9 Å². The van der Waals surface area contributed by atoms with Gasteiger partial charge in [0.2, 0.25) is 0 Å². The molecule has 0 saturated carbocycles. The molecule has 10 aromatic rings. The van der Waals surface area contributed by atoms with Crippen molar-refractivity contribution < 1.29 is 4.42 Å². The van der Waals surface area contributed by atoms with Gasteiger partial charge in [-0.15, -0.1) is 0 Å². The first-order valence-electron chi connectivity index (χ1n) is 32.2. The summed E-state index contributed by atoms with van der Waals surface area (Å²) >= 11 is 0. The van der Waals surface area contributed by atoms with Gasteiger partial charge in [-0.1, -0.05) is 216 Å². The van der Waals surface area contributed by atoms with Crippen LogP contribution in [0.25, 0.3) is 21.9 Å². The summed E-state index contributed by atoms with van der Waals surface area (Å²) in [6.07, 6.45) is 2.17. The summed E-state index contributed by atoms with van der Waals surface area (Å²) in [5.74, 6) is 0. The molecule has 0 bridgehead atoms. The van der Waals surface area contributed by atoms with Crippen molar-refractivity contribution in [2.75, 3.05) is 14.7 Å². The third-order valence-corrected chi connectivity index (χ3v) is 21.8. The summed E-state index contributed by atoms with van der Waals surface area (Å²) in [4.78, 5) is 7.95. The highest BCUT2D eigenvalue weighted by molar-refractivity contribution is 7.00. The average Bonchev–Trinajstić information content (AvgIpc) is 1.14. The fourth-order valence-corrected chi connectivity index (χ4v) is 17.8. The molecule has 5 aliphatic rings. The summed E-state index contributed by atoms with van der Waals surface area (Å²) in [6.45, 7) is 43.4. The molecular weight excluding hydrogens is 1050 g/mol. The zero-order chi connectivity index (χ0) is 61.2. The van der Waals surface area contributed by atoms with Crippen LogP contribution < -0.4 is 31.1 Å². The van der Waals surface area contributed by atoms with E-state index < -0.39 is 0 Å². The van der Waals surface area contributed by atoms with Crippen LogP contribution in [0.4, 0.5) is 51.2 Å². The molecule has 0 spiro atoms. The van der Waals surface area contributed by atoms with Gasteiger partial charge in [-0.3, -0.25) is 0 Å². The molecule has 0 radical (unpaired) electrons. The van der Waals surface area contributed by atoms with Gasteiger partial charge in [-0.2, -0.15) is 0 Å². The molecule has 0 amide bonds. The molecule has 0 fully saturated rings. The van der Waals surface area contributed by atoms with Gasteiger partial charge in [-0.05, 0) is 196 Å². The fourth-order valence-electron chi connectivity index (χ4n) is 17.8. The van der Waals surface area contributed by atoms with E-state index in [-0.39, 0.29) is 50.0 Å². The maximum absolute atomic E-state index is 6.90. The highest BCUT2D eigenvalue weighted by atomic mass is 16.3. The number of hydrogen-bond donors (Lipinski definition) is 0. The maximum Gasteiger partial charge on any atom is 0.252 e. The van der Waals surface area contributed by atoms with Gasteiger partial charge in [0.1, 0.15) is 11.2 Å². The number of fused-ring (bicyclic) bond motifs is 11. The molecule has 0 atom stereocenters. The Hall–Kier alpha value is -7.76. The van der Waals surface area contributed by atoms with Gasteiger partial charge in [-0.25, -0.2) is 0 Å². The second-order valence-corrected chi connectivity index (χ2v) is 32.5. The van der Waals surface area contributed by atoms with Crippen LogP contribution in [0.2, 0.25) is 0 Å². The van der Waals surface area contributed by atoms with Crippen molar-refractivity contribution in [2.24, 2.45) is 0 Å². The van der Waals surface area contributed by atoms with E-state index in [1.165, 1.54) is 100 Å². The smallest absolute Gasteiger partial charge is 0.252 e. The van der Waals surface area contributed by atoms with Crippen molar-refractivity contribution in [1.82, 2.24) is 0 Å². The Morgan fingerprint density at radius 3 is 1.41 bits per heavy atom. The van der Waals surface area contributed by atoms with Gasteiger partial charge in [0.15, 0.2) is 0 Å². The first kappa shape index (κ1) is 55.8. The molecule has 15 rings (SSSR count). The van der Waals surface area contributed by atoms with Crippen LogP contribution in [0.5, 0.6) is 0 Å². The Morgan fingerprint density at radius 2 is 0.839 bits per heavy atom. The molecule has 0 saturated heterocycles. The molecular formula is C82H86BN3O. The number of nitrogens with zero attached hydrogens (tertiary/aromatic N) is 3. The second-order valence-electron chi connectivity index (χ2n) is 32.5. The number of hydrogen-bond acceptors (Lipinski definition) is 4. The third kappa shape index (κ3) is 8.08. The van der Waals surface area contributed by atoms with E-state index in [1.54, 1.807) is 0 Å². The Kier molecular flexibility index (Phi) is 11.5. The minimum absolute atomic E-state index is 0.0164. The van der Waals surface area contributed by atoms with Crippen LogP contribution >= 0.6 is 0 Å². The molecule has 1 aromatic heterocycles. The van der Waals surface area contributed by atoms with Crippen molar-refractivity contribution in [3.63, 3.8) is 0 Å². The number of benzene rings is 9. The van der Waals surface area contributed by atoms with Crippen LogP contribution in [-0.4, -0.2) is 6.71 Å². The van der Waals surface area contributed by atoms with Gasteiger partial charge >= 0.3 is 0 Å². The highest BCUT2D eigenvalue weighted by Crippen LogP contribution is 2.58. The first-order valence-corrected chi connectivity index (χ1v) is 32.2. The van der Waals surface area contributed by atoms with Crippen LogP contribution in [0, 0.1) is 0 Å². The van der Waals surface area contributed by atoms with Crippen LogP contribution in [0.3, 0.4) is 0 Å².